The van der Waals surface area contributed by atoms with E-state index in [1.807, 2.05) is 26.2 Å². The van der Waals surface area contributed by atoms with Crippen LogP contribution in [0, 0.1) is 13.8 Å². The maximum atomic E-state index is 12.3. The van der Waals surface area contributed by atoms with Gasteiger partial charge < -0.3 is 30.9 Å². The van der Waals surface area contributed by atoms with Gasteiger partial charge in [-0.05, 0) is 136 Å². The van der Waals surface area contributed by atoms with Crippen LogP contribution in [0.4, 0.5) is 0 Å². The molecule has 0 heterocycles. The van der Waals surface area contributed by atoms with E-state index >= 15 is 0 Å². The van der Waals surface area contributed by atoms with Gasteiger partial charge in [-0.15, -0.1) is 0 Å². The zero-order valence-corrected chi connectivity index (χ0v) is 47.5. The first-order valence-electron chi connectivity index (χ1n) is 27.8. The second-order valence-corrected chi connectivity index (χ2v) is 22.9. The molecule has 7 nitrogen and oxygen atoms in total. The van der Waals surface area contributed by atoms with Crippen LogP contribution in [0.25, 0.3) is 33.4 Å². The second-order valence-electron chi connectivity index (χ2n) is 22.9. The van der Waals surface area contributed by atoms with Gasteiger partial charge in [0.25, 0.3) is 0 Å². The molecule has 9 aromatic carbocycles. The third kappa shape index (κ3) is 9.74. The summed E-state index contributed by atoms with van der Waals surface area (Å²) in [5.41, 5.74) is 25.6. The SMILES string of the molecule is CN(C)CCN.Cc1cc(CN(CCN(C)C)Cc2cccc(C3(C)c4ccccc4-c4ccccc43)c2O)c(O)c(C2(C)c3ccccc3-c3ccccc32)c1.Cc1ccc(O)c(C2(C)c3ccccc3-c3ccccc32)c1. The topological polar surface area (TPSA) is 96.4 Å². The van der Waals surface area contributed by atoms with Gasteiger partial charge in [0.1, 0.15) is 17.2 Å². The minimum Gasteiger partial charge on any atom is -0.508 e. The molecule has 0 saturated heterocycles. The number of nitrogens with zero attached hydrogens (tertiary/aromatic N) is 3. The Morgan fingerprint density at radius 2 is 0.709 bits per heavy atom. The number of phenolic OH excluding ortho intramolecular Hbond substituents is 3. The average Bonchev–Trinajstić information content (AvgIpc) is 4.24. The summed E-state index contributed by atoms with van der Waals surface area (Å²) in [6.45, 7) is 15.3. The highest BCUT2D eigenvalue weighted by atomic mass is 16.3. The number of hydrogen-bond donors (Lipinski definition) is 4. The van der Waals surface area contributed by atoms with Gasteiger partial charge in [0.05, 0.1) is 0 Å². The predicted molar refractivity (Wildman–Crippen MR) is 326 cm³/mol. The highest BCUT2D eigenvalue weighted by molar-refractivity contribution is 5.86. The fourth-order valence-corrected chi connectivity index (χ4v) is 13.1. The molecule has 0 bridgehead atoms. The van der Waals surface area contributed by atoms with E-state index in [-0.39, 0.29) is 5.41 Å². The van der Waals surface area contributed by atoms with Crippen molar-refractivity contribution in [2.45, 2.75) is 64.0 Å². The maximum absolute atomic E-state index is 12.3. The molecule has 0 aromatic heterocycles. The zero-order chi connectivity index (χ0) is 55.8. The van der Waals surface area contributed by atoms with Crippen molar-refractivity contribution in [1.82, 2.24) is 14.7 Å². The Bertz CT molecular complexity index is 3550. The Hall–Kier alpha value is -7.78. The van der Waals surface area contributed by atoms with Crippen LogP contribution < -0.4 is 5.73 Å². The van der Waals surface area contributed by atoms with Gasteiger partial charge in [0.15, 0.2) is 0 Å². The van der Waals surface area contributed by atoms with Crippen LogP contribution in [0.5, 0.6) is 17.2 Å². The molecule has 79 heavy (non-hydrogen) atoms. The summed E-state index contributed by atoms with van der Waals surface area (Å²) >= 11 is 0. The van der Waals surface area contributed by atoms with Gasteiger partial charge in [0, 0.05) is 83.3 Å². The first kappa shape index (κ1) is 54.6. The van der Waals surface area contributed by atoms with Gasteiger partial charge >= 0.3 is 0 Å². The fraction of sp³-hybridized carbons (Fsp3) is 0.250. The highest BCUT2D eigenvalue weighted by Crippen LogP contribution is 2.57. The Labute approximate surface area is 468 Å². The molecule has 9 aromatic rings. The number of aromatic hydroxyl groups is 3. The third-order valence-corrected chi connectivity index (χ3v) is 17.1. The van der Waals surface area contributed by atoms with Crippen molar-refractivity contribution in [1.29, 1.82) is 0 Å². The molecular formula is C72H76N4O3. The lowest BCUT2D eigenvalue weighted by molar-refractivity contribution is 0.221. The van der Waals surface area contributed by atoms with Crippen LogP contribution in [0.3, 0.4) is 0 Å². The zero-order valence-electron chi connectivity index (χ0n) is 47.5. The minimum absolute atomic E-state index is 0.316. The van der Waals surface area contributed by atoms with Crippen molar-refractivity contribution in [3.8, 4) is 50.6 Å². The lowest BCUT2D eigenvalue weighted by Crippen LogP contribution is -2.32. The van der Waals surface area contributed by atoms with E-state index in [2.05, 4.69) is 239 Å². The second kappa shape index (κ2) is 22.2. The maximum Gasteiger partial charge on any atom is 0.124 e. The molecule has 0 fully saturated rings. The lowest BCUT2D eigenvalue weighted by Gasteiger charge is -2.32. The molecule has 402 valence electrons. The molecule has 0 unspecified atom stereocenters. The summed E-state index contributed by atoms with van der Waals surface area (Å²) in [6, 6.07) is 67.7. The van der Waals surface area contributed by atoms with Gasteiger partial charge in [-0.3, -0.25) is 4.90 Å². The van der Waals surface area contributed by atoms with E-state index in [0.29, 0.717) is 30.3 Å². The summed E-state index contributed by atoms with van der Waals surface area (Å²) in [4.78, 5) is 6.60. The molecule has 3 aliphatic rings. The van der Waals surface area contributed by atoms with E-state index in [4.69, 9.17) is 5.73 Å². The number of likely N-dealkylation sites (N-methyl/N-ethyl adjacent to an activating group) is 2. The summed E-state index contributed by atoms with van der Waals surface area (Å²) in [6.07, 6.45) is 0. The van der Waals surface area contributed by atoms with Crippen molar-refractivity contribution in [3.05, 3.63) is 266 Å². The van der Waals surface area contributed by atoms with E-state index in [1.165, 1.54) is 66.8 Å². The van der Waals surface area contributed by atoms with Gasteiger partial charge in [-0.2, -0.15) is 0 Å². The highest BCUT2D eigenvalue weighted by Gasteiger charge is 2.45. The van der Waals surface area contributed by atoms with Crippen LogP contribution in [-0.2, 0) is 29.3 Å². The van der Waals surface area contributed by atoms with Crippen LogP contribution >= 0.6 is 0 Å². The number of aryl methyl sites for hydroxylation is 2. The standard InChI is InChI=1S/C47H46N2O2.C21H18O.C4H12N2/c1-31-27-33(45(51)43(28-31)47(3)40-22-12-8-18-36(40)37-19-9-13-23-41(37)47)30-49(26-25-48(4)5)29-32-15-14-24-42(44(32)50)46(2)38-20-10-6-16-34(38)35-17-7-11-21-39(35)46;1-14-11-12-20(22)19(13-14)21(2)17-9-5-3-7-15(17)16-8-4-6-10-18(16)21;1-6(2)4-3-5/h6-24,27-28,50-51H,25-26,29-30H2,1-5H3;3-13,22H,1-2H3;3-5H2,1-2H3. The van der Waals surface area contributed by atoms with E-state index < -0.39 is 10.8 Å². The average molecular weight is 1050 g/mol. The first-order chi connectivity index (χ1) is 38.0. The van der Waals surface area contributed by atoms with Gasteiger partial charge in [0.2, 0.25) is 0 Å². The summed E-state index contributed by atoms with van der Waals surface area (Å²) in [5.74, 6) is 1.04. The Morgan fingerprint density at radius 1 is 0.354 bits per heavy atom. The van der Waals surface area contributed by atoms with Crippen LogP contribution in [0.15, 0.2) is 194 Å². The van der Waals surface area contributed by atoms with E-state index in [0.717, 1.165) is 65.1 Å². The molecule has 0 amide bonds. The van der Waals surface area contributed by atoms with E-state index in [9.17, 15) is 15.3 Å². The summed E-state index contributed by atoms with van der Waals surface area (Å²) < 4.78 is 0. The van der Waals surface area contributed by atoms with Crippen molar-refractivity contribution in [2.75, 3.05) is 54.4 Å². The van der Waals surface area contributed by atoms with Crippen molar-refractivity contribution in [3.63, 3.8) is 0 Å². The number of nitrogens with two attached hydrogens (primary N) is 1. The Morgan fingerprint density at radius 3 is 1.11 bits per heavy atom. The van der Waals surface area contributed by atoms with Gasteiger partial charge in [-0.25, -0.2) is 0 Å². The van der Waals surface area contributed by atoms with E-state index in [1.54, 1.807) is 6.07 Å². The van der Waals surface area contributed by atoms with Crippen molar-refractivity contribution in [2.24, 2.45) is 5.73 Å². The van der Waals surface area contributed by atoms with Gasteiger partial charge in [-0.1, -0.05) is 199 Å². The molecule has 7 heteroatoms. The molecule has 0 radical (unpaired) electrons. The molecular weight excluding hydrogens is 969 g/mol. The minimum atomic E-state index is -0.498. The molecule has 0 atom stereocenters. The third-order valence-electron chi connectivity index (χ3n) is 17.1. The quantitative estimate of drug-likeness (QED) is 0.0968. The number of fused-ring (bicyclic) bond motifs is 9. The van der Waals surface area contributed by atoms with Crippen LogP contribution in [0.1, 0.15) is 93.1 Å². The Balaban J connectivity index is 0.000000206. The van der Waals surface area contributed by atoms with Crippen LogP contribution in [0.2, 0.25) is 0 Å². The summed E-state index contributed by atoms with van der Waals surface area (Å²) in [7, 11) is 8.19. The largest absolute Gasteiger partial charge is 0.508 e. The molecule has 5 N–H and O–H groups in total. The molecule has 0 saturated carbocycles. The first-order valence-corrected chi connectivity index (χ1v) is 27.8. The molecule has 0 spiro atoms. The number of benzene rings is 9. The number of para-hydroxylation sites is 1. The van der Waals surface area contributed by atoms with Crippen molar-refractivity contribution >= 4 is 0 Å². The van der Waals surface area contributed by atoms with Crippen LogP contribution in [-0.4, -0.2) is 84.4 Å². The lowest BCUT2D eigenvalue weighted by atomic mass is 9.73. The smallest absolute Gasteiger partial charge is 0.124 e. The fourth-order valence-electron chi connectivity index (χ4n) is 13.1. The molecule has 3 aliphatic carbocycles. The monoisotopic (exact) mass is 1040 g/mol. The van der Waals surface area contributed by atoms with Crippen molar-refractivity contribution < 1.29 is 15.3 Å². The Kier molecular flexibility index (Phi) is 15.3. The number of rotatable bonds is 12. The molecule has 12 rings (SSSR count). The number of hydrogen-bond acceptors (Lipinski definition) is 7. The predicted octanol–water partition coefficient (Wildman–Crippen LogP) is 14.2. The molecule has 0 aliphatic heterocycles. The number of phenols is 3. The normalized spacial score (nSPS) is 14.3. The summed E-state index contributed by atoms with van der Waals surface area (Å²) in [5, 5.41) is 34.9.